The van der Waals surface area contributed by atoms with Crippen LogP contribution in [-0.2, 0) is 11.3 Å². The molecule has 0 radical (unpaired) electrons. The van der Waals surface area contributed by atoms with Crippen molar-refractivity contribution < 1.29 is 4.79 Å². The zero-order valence-corrected chi connectivity index (χ0v) is 18.0. The summed E-state index contributed by atoms with van der Waals surface area (Å²) in [5.41, 5.74) is 4.59. The molecule has 0 saturated heterocycles. The number of thiophene rings is 1. The van der Waals surface area contributed by atoms with Crippen LogP contribution in [0.2, 0.25) is 0 Å². The summed E-state index contributed by atoms with van der Waals surface area (Å²) in [5.74, 6) is 0.189. The lowest BCUT2D eigenvalue weighted by Crippen LogP contribution is -2.28. The van der Waals surface area contributed by atoms with Crippen molar-refractivity contribution in [1.29, 1.82) is 0 Å². The molecule has 5 nitrogen and oxygen atoms in total. The van der Waals surface area contributed by atoms with Gasteiger partial charge in [-0.05, 0) is 35.6 Å². The summed E-state index contributed by atoms with van der Waals surface area (Å²) in [7, 11) is 0. The highest BCUT2D eigenvalue weighted by molar-refractivity contribution is 7.17. The van der Waals surface area contributed by atoms with E-state index in [1.54, 1.807) is 0 Å². The van der Waals surface area contributed by atoms with Gasteiger partial charge in [-0.15, -0.1) is 11.3 Å². The maximum Gasteiger partial charge on any atom is 0.263 e. The van der Waals surface area contributed by atoms with Crippen molar-refractivity contribution in [3.8, 4) is 11.1 Å². The molecular weight excluding hydrogens is 394 g/mol. The molecule has 0 bridgehead atoms. The van der Waals surface area contributed by atoms with E-state index in [9.17, 15) is 9.59 Å². The predicted molar refractivity (Wildman–Crippen MR) is 123 cm³/mol. The molecule has 4 aromatic rings. The number of hydrogen-bond acceptors (Lipinski definition) is 4. The quantitative estimate of drug-likeness (QED) is 0.486. The van der Waals surface area contributed by atoms with Gasteiger partial charge >= 0.3 is 0 Å². The van der Waals surface area contributed by atoms with Gasteiger partial charge in [0.05, 0.1) is 11.7 Å². The van der Waals surface area contributed by atoms with Crippen molar-refractivity contribution in [3.63, 3.8) is 0 Å². The first kappa shape index (κ1) is 20.0. The lowest BCUT2D eigenvalue weighted by Gasteiger charge is -2.10. The smallest absolute Gasteiger partial charge is 0.263 e. The van der Waals surface area contributed by atoms with E-state index in [2.05, 4.69) is 36.3 Å². The number of carbonyl (C=O) groups excluding carboxylic acids is 1. The average Bonchev–Trinajstić information content (AvgIpc) is 3.17. The molecule has 0 atom stereocenters. The van der Waals surface area contributed by atoms with Crippen molar-refractivity contribution in [2.75, 3.05) is 5.32 Å². The lowest BCUT2D eigenvalue weighted by atomic mass is 9.99. The van der Waals surface area contributed by atoms with Crippen molar-refractivity contribution in [2.24, 2.45) is 0 Å². The Morgan fingerprint density at radius 3 is 2.57 bits per heavy atom. The maximum absolute atomic E-state index is 13.2. The fraction of sp³-hybridized carbons (Fsp3) is 0.208. The largest absolute Gasteiger partial charge is 0.324 e. The van der Waals surface area contributed by atoms with Gasteiger partial charge in [-0.3, -0.25) is 14.2 Å². The first-order valence-corrected chi connectivity index (χ1v) is 10.7. The highest BCUT2D eigenvalue weighted by Gasteiger charge is 2.15. The second kappa shape index (κ2) is 8.24. The van der Waals surface area contributed by atoms with Gasteiger partial charge in [0.25, 0.3) is 5.56 Å². The van der Waals surface area contributed by atoms with Crippen LogP contribution >= 0.6 is 11.3 Å². The Balaban J connectivity index is 1.65. The number of aromatic nitrogens is 2. The first-order valence-electron chi connectivity index (χ1n) is 9.86. The van der Waals surface area contributed by atoms with Gasteiger partial charge in [0, 0.05) is 16.6 Å². The molecule has 4 rings (SSSR count). The molecule has 0 aliphatic rings. The third-order valence-corrected chi connectivity index (χ3v) is 6.07. The normalized spacial score (nSPS) is 11.2. The Hall–Kier alpha value is -3.25. The van der Waals surface area contributed by atoms with Gasteiger partial charge in [-0.25, -0.2) is 4.98 Å². The van der Waals surface area contributed by atoms with Gasteiger partial charge in [0.15, 0.2) is 0 Å². The van der Waals surface area contributed by atoms with E-state index in [1.165, 1.54) is 27.8 Å². The van der Waals surface area contributed by atoms with Crippen molar-refractivity contribution in [2.45, 2.75) is 33.2 Å². The topological polar surface area (TPSA) is 64.0 Å². The molecular formula is C24H23N3O2S. The van der Waals surface area contributed by atoms with Crippen LogP contribution in [0.25, 0.3) is 21.3 Å². The number of nitrogens with one attached hydrogen (secondary N) is 1. The summed E-state index contributed by atoms with van der Waals surface area (Å²) in [4.78, 5) is 30.8. The van der Waals surface area contributed by atoms with Gasteiger partial charge in [0.1, 0.15) is 11.4 Å². The Morgan fingerprint density at radius 2 is 1.87 bits per heavy atom. The molecule has 6 heteroatoms. The molecule has 152 valence electrons. The Morgan fingerprint density at radius 1 is 1.13 bits per heavy atom. The highest BCUT2D eigenvalue weighted by atomic mass is 32.1. The Kier molecular flexibility index (Phi) is 5.50. The predicted octanol–water partition coefficient (Wildman–Crippen LogP) is 5.20. The van der Waals surface area contributed by atoms with Crippen LogP contribution in [-0.4, -0.2) is 15.5 Å². The molecule has 0 aliphatic carbocycles. The fourth-order valence-corrected chi connectivity index (χ4v) is 4.30. The second-order valence-electron chi connectivity index (χ2n) is 7.65. The molecule has 0 fully saturated rings. The number of benzene rings is 2. The van der Waals surface area contributed by atoms with Crippen LogP contribution in [0.5, 0.6) is 0 Å². The van der Waals surface area contributed by atoms with Crippen LogP contribution in [0, 0.1) is 6.92 Å². The maximum atomic E-state index is 13.2. The Labute approximate surface area is 179 Å². The van der Waals surface area contributed by atoms with Crippen molar-refractivity contribution in [1.82, 2.24) is 9.55 Å². The van der Waals surface area contributed by atoms with Gasteiger partial charge < -0.3 is 5.32 Å². The molecule has 0 saturated carbocycles. The van der Waals surface area contributed by atoms with E-state index < -0.39 is 0 Å². The van der Waals surface area contributed by atoms with E-state index in [-0.39, 0.29) is 18.0 Å². The van der Waals surface area contributed by atoms with Crippen LogP contribution < -0.4 is 10.9 Å². The zero-order valence-electron chi connectivity index (χ0n) is 17.2. The third-order valence-electron chi connectivity index (χ3n) is 5.18. The number of rotatable bonds is 5. The molecule has 30 heavy (non-hydrogen) atoms. The van der Waals surface area contributed by atoms with E-state index in [0.717, 1.165) is 22.4 Å². The molecule has 1 N–H and O–H groups in total. The molecule has 0 aliphatic heterocycles. The SMILES string of the molecule is Cc1ccccc1NC(=O)Cn1cnc2scc(-c3ccc(C(C)C)cc3)c2c1=O. The van der Waals surface area contributed by atoms with Gasteiger partial charge in [-0.1, -0.05) is 56.3 Å². The minimum absolute atomic E-state index is 0.0856. The van der Waals surface area contributed by atoms with Crippen molar-refractivity contribution >= 4 is 33.1 Å². The van der Waals surface area contributed by atoms with Crippen LogP contribution in [0.3, 0.4) is 0 Å². The number of para-hydroxylation sites is 1. The summed E-state index contributed by atoms with van der Waals surface area (Å²) in [5, 5.41) is 5.39. The van der Waals surface area contributed by atoms with E-state index >= 15 is 0 Å². The van der Waals surface area contributed by atoms with E-state index in [0.29, 0.717) is 16.1 Å². The molecule has 1 amide bonds. The first-order chi connectivity index (χ1) is 14.4. The minimum atomic E-state index is -0.259. The standard InChI is InChI=1S/C24H23N3O2S/c1-15(2)17-8-10-18(11-9-17)19-13-30-23-22(19)24(29)27(14-25-23)12-21(28)26-20-7-5-4-6-16(20)3/h4-11,13-15H,12H2,1-3H3,(H,26,28). The molecule has 2 aromatic carbocycles. The number of nitrogens with zero attached hydrogens (tertiary/aromatic N) is 2. The molecule has 0 unspecified atom stereocenters. The van der Waals surface area contributed by atoms with E-state index in [4.69, 9.17) is 0 Å². The Bertz CT molecular complexity index is 1270. The number of anilines is 1. The summed E-state index contributed by atoms with van der Waals surface area (Å²) >= 11 is 1.44. The third kappa shape index (κ3) is 3.91. The average molecular weight is 418 g/mol. The summed E-state index contributed by atoms with van der Waals surface area (Å²) in [6.07, 6.45) is 1.45. The number of carbonyl (C=O) groups is 1. The molecule has 2 aromatic heterocycles. The molecule has 0 spiro atoms. The van der Waals surface area contributed by atoms with Crippen molar-refractivity contribution in [3.05, 3.63) is 81.7 Å². The monoisotopic (exact) mass is 417 g/mol. The summed E-state index contributed by atoms with van der Waals surface area (Å²) < 4.78 is 1.37. The number of amides is 1. The number of fused-ring (bicyclic) bond motifs is 1. The summed E-state index contributed by atoms with van der Waals surface area (Å²) in [6, 6.07) is 15.8. The summed E-state index contributed by atoms with van der Waals surface area (Å²) in [6.45, 7) is 6.15. The van der Waals surface area contributed by atoms with Crippen LogP contribution in [0.1, 0.15) is 30.9 Å². The number of aryl methyl sites for hydroxylation is 1. The lowest BCUT2D eigenvalue weighted by molar-refractivity contribution is -0.116. The van der Waals surface area contributed by atoms with E-state index in [1.807, 2.05) is 48.7 Å². The van der Waals surface area contributed by atoms with Gasteiger partial charge in [0.2, 0.25) is 5.91 Å². The highest BCUT2D eigenvalue weighted by Crippen LogP contribution is 2.31. The van der Waals surface area contributed by atoms with Crippen LogP contribution in [0.15, 0.2) is 65.0 Å². The zero-order chi connectivity index (χ0) is 21.3. The second-order valence-corrected chi connectivity index (χ2v) is 8.51. The fourth-order valence-electron chi connectivity index (χ4n) is 3.40. The minimum Gasteiger partial charge on any atom is -0.324 e. The van der Waals surface area contributed by atoms with Gasteiger partial charge in [-0.2, -0.15) is 0 Å². The number of hydrogen-bond donors (Lipinski definition) is 1. The molecule has 2 heterocycles. The van der Waals surface area contributed by atoms with Crippen LogP contribution in [0.4, 0.5) is 5.69 Å².